The highest BCUT2D eigenvalue weighted by Gasteiger charge is 2.20. The largest absolute Gasteiger partial charge is 0.372 e. The van der Waals surface area contributed by atoms with E-state index in [0.717, 1.165) is 24.2 Å². The molecule has 1 heterocycles. The van der Waals surface area contributed by atoms with Crippen molar-refractivity contribution in [2.45, 2.75) is 20.3 Å². The molecule has 19 heavy (non-hydrogen) atoms. The second kappa shape index (κ2) is 5.97. The maximum atomic E-state index is 11.6. The van der Waals surface area contributed by atoms with Crippen LogP contribution in [0.3, 0.4) is 0 Å². The third-order valence-corrected chi connectivity index (χ3v) is 3.50. The molecule has 4 heteroatoms. The third-order valence-electron chi connectivity index (χ3n) is 3.26. The van der Waals surface area contributed by atoms with Crippen LogP contribution in [-0.4, -0.2) is 24.0 Å². The summed E-state index contributed by atoms with van der Waals surface area (Å²) < 4.78 is 0. The molecule has 100 valence electrons. The van der Waals surface area contributed by atoms with E-state index in [4.69, 9.17) is 12.2 Å². The Hall–Kier alpha value is -1.68. The fourth-order valence-corrected chi connectivity index (χ4v) is 2.44. The molecule has 0 aromatic heterocycles. The van der Waals surface area contributed by atoms with E-state index in [0.29, 0.717) is 11.4 Å². The van der Waals surface area contributed by atoms with Crippen LogP contribution in [0, 0.1) is 0 Å². The number of nitrogens with zero attached hydrogens (tertiary/aromatic N) is 1. The molecule has 0 aliphatic carbocycles. The van der Waals surface area contributed by atoms with E-state index in [1.165, 1.54) is 5.69 Å². The number of anilines is 1. The van der Waals surface area contributed by atoms with Crippen molar-refractivity contribution in [1.82, 2.24) is 5.32 Å². The summed E-state index contributed by atoms with van der Waals surface area (Å²) in [6.07, 6.45) is 2.45. The van der Waals surface area contributed by atoms with Crippen LogP contribution in [-0.2, 0) is 4.79 Å². The molecule has 1 amide bonds. The lowest BCUT2D eigenvalue weighted by atomic mass is 10.1. The van der Waals surface area contributed by atoms with Crippen molar-refractivity contribution in [3.63, 3.8) is 0 Å². The lowest BCUT2D eigenvalue weighted by Crippen LogP contribution is -2.21. The van der Waals surface area contributed by atoms with Gasteiger partial charge in [0.05, 0.1) is 4.99 Å². The molecule has 1 N–H and O–H groups in total. The van der Waals surface area contributed by atoms with E-state index in [9.17, 15) is 4.79 Å². The zero-order valence-electron chi connectivity index (χ0n) is 11.3. The SMILES string of the molecule is CCN(CC)c1ccc(/C=C2/CC(=S)NC2=O)cc1. The van der Waals surface area contributed by atoms with Crippen LogP contribution in [0.4, 0.5) is 5.69 Å². The Kier molecular flexibility index (Phi) is 4.32. The number of benzene rings is 1. The van der Waals surface area contributed by atoms with Crippen LogP contribution in [0.2, 0.25) is 0 Å². The normalized spacial score (nSPS) is 16.8. The van der Waals surface area contributed by atoms with Gasteiger partial charge in [0.1, 0.15) is 0 Å². The quantitative estimate of drug-likeness (QED) is 0.677. The van der Waals surface area contributed by atoms with E-state index in [-0.39, 0.29) is 5.91 Å². The first kappa shape index (κ1) is 13.7. The van der Waals surface area contributed by atoms with Gasteiger partial charge < -0.3 is 10.2 Å². The number of thiocarbonyl (C=S) groups is 1. The lowest BCUT2D eigenvalue weighted by molar-refractivity contribution is -0.115. The minimum absolute atomic E-state index is 0.0715. The molecule has 3 nitrogen and oxygen atoms in total. The molecule has 0 spiro atoms. The Labute approximate surface area is 119 Å². The number of rotatable bonds is 4. The van der Waals surface area contributed by atoms with Gasteiger partial charge in [-0.05, 0) is 37.6 Å². The standard InChI is InChI=1S/C15H18N2OS/c1-3-17(4-2)13-7-5-11(6-8-13)9-12-10-14(19)16-15(12)18/h5-9H,3-4,10H2,1-2H3,(H,16,18,19)/b12-9-. The molecule has 2 rings (SSSR count). The Balaban J connectivity index is 2.17. The van der Waals surface area contributed by atoms with Crippen LogP contribution >= 0.6 is 12.2 Å². The maximum absolute atomic E-state index is 11.6. The third kappa shape index (κ3) is 3.20. The van der Waals surface area contributed by atoms with E-state index in [1.54, 1.807) is 0 Å². The maximum Gasteiger partial charge on any atom is 0.252 e. The predicted molar refractivity (Wildman–Crippen MR) is 83.3 cm³/mol. The Morgan fingerprint density at radius 2 is 1.89 bits per heavy atom. The van der Waals surface area contributed by atoms with Gasteiger partial charge in [-0.2, -0.15) is 0 Å². The summed E-state index contributed by atoms with van der Waals surface area (Å²) in [5.74, 6) is -0.0715. The first-order valence-electron chi connectivity index (χ1n) is 6.53. The zero-order chi connectivity index (χ0) is 13.8. The molecule has 0 radical (unpaired) electrons. The van der Waals surface area contributed by atoms with Gasteiger partial charge in [-0.1, -0.05) is 24.4 Å². The van der Waals surface area contributed by atoms with Crippen molar-refractivity contribution in [1.29, 1.82) is 0 Å². The second-order valence-electron chi connectivity index (χ2n) is 4.49. The predicted octanol–water partition coefficient (Wildman–Crippen LogP) is 2.76. The molecule has 1 aliphatic rings. The van der Waals surface area contributed by atoms with Gasteiger partial charge in [0.2, 0.25) is 0 Å². The molecule has 1 aliphatic heterocycles. The molecule has 0 saturated carbocycles. The molecule has 1 saturated heterocycles. The average Bonchev–Trinajstić information content (AvgIpc) is 2.71. The Morgan fingerprint density at radius 1 is 1.26 bits per heavy atom. The number of nitrogens with one attached hydrogen (secondary N) is 1. The molecule has 0 unspecified atom stereocenters. The summed E-state index contributed by atoms with van der Waals surface area (Å²) in [5.41, 5.74) is 2.98. The fourth-order valence-electron chi connectivity index (χ4n) is 2.19. The van der Waals surface area contributed by atoms with Crippen molar-refractivity contribution in [2.24, 2.45) is 0 Å². The molecule has 1 fully saturated rings. The van der Waals surface area contributed by atoms with Crippen molar-refractivity contribution < 1.29 is 4.79 Å². The van der Waals surface area contributed by atoms with Gasteiger partial charge in [-0.3, -0.25) is 4.79 Å². The highest BCUT2D eigenvalue weighted by Crippen LogP contribution is 2.19. The first-order valence-corrected chi connectivity index (χ1v) is 6.94. The number of amides is 1. The van der Waals surface area contributed by atoms with Gasteiger partial charge in [0, 0.05) is 30.8 Å². The monoisotopic (exact) mass is 274 g/mol. The van der Waals surface area contributed by atoms with E-state index in [2.05, 4.69) is 36.2 Å². The fraction of sp³-hybridized carbons (Fsp3) is 0.333. The number of carbonyl (C=O) groups excluding carboxylic acids is 1. The average molecular weight is 274 g/mol. The molecular weight excluding hydrogens is 256 g/mol. The van der Waals surface area contributed by atoms with Crippen LogP contribution in [0.15, 0.2) is 29.8 Å². The van der Waals surface area contributed by atoms with E-state index >= 15 is 0 Å². The first-order chi connectivity index (χ1) is 9.13. The van der Waals surface area contributed by atoms with Gasteiger partial charge in [-0.25, -0.2) is 0 Å². The topological polar surface area (TPSA) is 32.3 Å². The summed E-state index contributed by atoms with van der Waals surface area (Å²) in [6, 6.07) is 8.25. The highest BCUT2D eigenvalue weighted by atomic mass is 32.1. The summed E-state index contributed by atoms with van der Waals surface area (Å²) >= 11 is 5.00. The van der Waals surface area contributed by atoms with Crippen LogP contribution in [0.25, 0.3) is 6.08 Å². The second-order valence-corrected chi connectivity index (χ2v) is 4.98. The van der Waals surface area contributed by atoms with Crippen molar-refractivity contribution in [2.75, 3.05) is 18.0 Å². The summed E-state index contributed by atoms with van der Waals surface area (Å²) in [4.78, 5) is 14.5. The number of hydrogen-bond donors (Lipinski definition) is 1. The minimum atomic E-state index is -0.0715. The smallest absolute Gasteiger partial charge is 0.252 e. The summed E-state index contributed by atoms with van der Waals surface area (Å²) in [6.45, 7) is 6.27. The molecule has 1 aromatic rings. The van der Waals surface area contributed by atoms with Crippen LogP contribution in [0.1, 0.15) is 25.8 Å². The summed E-state index contributed by atoms with van der Waals surface area (Å²) in [7, 11) is 0. The van der Waals surface area contributed by atoms with Crippen LogP contribution in [0.5, 0.6) is 0 Å². The van der Waals surface area contributed by atoms with E-state index < -0.39 is 0 Å². The van der Waals surface area contributed by atoms with Crippen LogP contribution < -0.4 is 10.2 Å². The van der Waals surface area contributed by atoms with Crippen molar-refractivity contribution in [3.8, 4) is 0 Å². The van der Waals surface area contributed by atoms with Crippen molar-refractivity contribution >= 4 is 34.9 Å². The van der Waals surface area contributed by atoms with Crippen molar-refractivity contribution in [3.05, 3.63) is 35.4 Å². The minimum Gasteiger partial charge on any atom is -0.372 e. The van der Waals surface area contributed by atoms with Gasteiger partial charge in [-0.15, -0.1) is 0 Å². The summed E-state index contributed by atoms with van der Waals surface area (Å²) in [5, 5.41) is 2.65. The zero-order valence-corrected chi connectivity index (χ0v) is 12.1. The molecular formula is C15H18N2OS. The van der Waals surface area contributed by atoms with Gasteiger partial charge in [0.15, 0.2) is 0 Å². The molecule has 0 bridgehead atoms. The van der Waals surface area contributed by atoms with E-state index in [1.807, 2.05) is 18.2 Å². The molecule has 1 aromatic carbocycles. The number of hydrogen-bond acceptors (Lipinski definition) is 3. The highest BCUT2D eigenvalue weighted by molar-refractivity contribution is 7.80. The number of carbonyl (C=O) groups is 1. The van der Waals surface area contributed by atoms with Gasteiger partial charge in [0.25, 0.3) is 5.91 Å². The lowest BCUT2D eigenvalue weighted by Gasteiger charge is -2.20. The van der Waals surface area contributed by atoms with Gasteiger partial charge >= 0.3 is 0 Å². The molecule has 0 atom stereocenters. The Morgan fingerprint density at radius 3 is 2.37 bits per heavy atom. The Bertz CT molecular complexity index is 515.